The van der Waals surface area contributed by atoms with Gasteiger partial charge in [0.2, 0.25) is 5.91 Å². The first kappa shape index (κ1) is 19.0. The summed E-state index contributed by atoms with van der Waals surface area (Å²) in [5.74, 6) is -0.217. The van der Waals surface area contributed by atoms with Crippen LogP contribution in [0.25, 0.3) is 11.3 Å². The summed E-state index contributed by atoms with van der Waals surface area (Å²) in [6.45, 7) is 0.476. The minimum absolute atomic E-state index is 0.0888. The summed E-state index contributed by atoms with van der Waals surface area (Å²) in [7, 11) is 0. The number of benzene rings is 2. The minimum Gasteiger partial charge on any atom is -0.354 e. The molecule has 0 bridgehead atoms. The topological polar surface area (TPSA) is 64.0 Å². The van der Waals surface area contributed by atoms with Gasteiger partial charge in [0.05, 0.1) is 5.69 Å². The third-order valence-electron chi connectivity index (χ3n) is 4.11. The van der Waals surface area contributed by atoms with E-state index in [-0.39, 0.29) is 18.0 Å². The Balaban J connectivity index is 1.56. The predicted octanol–water partition coefficient (Wildman–Crippen LogP) is 3.42. The van der Waals surface area contributed by atoms with Crippen molar-refractivity contribution in [3.63, 3.8) is 0 Å². The maximum absolute atomic E-state index is 12.2. The number of halogens is 1. The SMILES string of the molecule is O=C(Cn1nc(-c2ccc(Br)cc2)ccc1=O)NCCCc1ccccc1. The Morgan fingerprint density at radius 1 is 1.00 bits per heavy atom. The number of carbonyl (C=O) groups excluding carboxylic acids is 1. The third kappa shape index (κ3) is 5.62. The molecule has 0 atom stereocenters. The van der Waals surface area contributed by atoms with E-state index < -0.39 is 0 Å². The lowest BCUT2D eigenvalue weighted by Gasteiger charge is -2.08. The van der Waals surface area contributed by atoms with E-state index in [0.29, 0.717) is 12.2 Å². The second-order valence-corrected chi connectivity index (χ2v) is 7.08. The number of hydrogen-bond acceptors (Lipinski definition) is 3. The zero-order chi connectivity index (χ0) is 19.1. The van der Waals surface area contributed by atoms with Gasteiger partial charge in [0.25, 0.3) is 5.56 Å². The van der Waals surface area contributed by atoms with Crippen molar-refractivity contribution < 1.29 is 4.79 Å². The first-order valence-electron chi connectivity index (χ1n) is 8.76. The minimum atomic E-state index is -0.296. The Hall–Kier alpha value is -2.73. The lowest BCUT2D eigenvalue weighted by atomic mass is 10.1. The normalized spacial score (nSPS) is 10.6. The van der Waals surface area contributed by atoms with Crippen LogP contribution in [0.3, 0.4) is 0 Å². The first-order chi connectivity index (χ1) is 13.1. The molecule has 0 aliphatic heterocycles. The number of nitrogens with zero attached hydrogens (tertiary/aromatic N) is 2. The second kappa shape index (κ2) is 9.28. The van der Waals surface area contributed by atoms with Gasteiger partial charge in [-0.05, 0) is 36.6 Å². The highest BCUT2D eigenvalue weighted by molar-refractivity contribution is 9.10. The first-order valence-corrected chi connectivity index (χ1v) is 9.56. The van der Waals surface area contributed by atoms with Gasteiger partial charge < -0.3 is 5.32 Å². The van der Waals surface area contributed by atoms with E-state index >= 15 is 0 Å². The van der Waals surface area contributed by atoms with Gasteiger partial charge in [-0.3, -0.25) is 9.59 Å². The van der Waals surface area contributed by atoms with E-state index in [9.17, 15) is 9.59 Å². The van der Waals surface area contributed by atoms with Crippen LogP contribution in [0.15, 0.2) is 76.0 Å². The van der Waals surface area contributed by atoms with Gasteiger partial charge in [-0.25, -0.2) is 4.68 Å². The van der Waals surface area contributed by atoms with E-state index in [1.54, 1.807) is 6.07 Å². The number of rotatable bonds is 7. The molecule has 1 heterocycles. The van der Waals surface area contributed by atoms with Crippen LogP contribution < -0.4 is 10.9 Å². The molecule has 138 valence electrons. The average Bonchev–Trinajstić information content (AvgIpc) is 2.68. The fraction of sp³-hybridized carbons (Fsp3) is 0.190. The number of hydrogen-bond donors (Lipinski definition) is 1. The highest BCUT2D eigenvalue weighted by Gasteiger charge is 2.08. The quantitative estimate of drug-likeness (QED) is 0.589. The number of amides is 1. The van der Waals surface area contributed by atoms with Crippen molar-refractivity contribution in [3.05, 3.63) is 87.1 Å². The van der Waals surface area contributed by atoms with Gasteiger partial charge in [-0.15, -0.1) is 0 Å². The van der Waals surface area contributed by atoms with Crippen LogP contribution in [0.1, 0.15) is 12.0 Å². The van der Waals surface area contributed by atoms with Crippen LogP contribution in [-0.2, 0) is 17.8 Å². The summed E-state index contributed by atoms with van der Waals surface area (Å²) in [5.41, 5.74) is 2.48. The number of carbonyl (C=O) groups is 1. The molecule has 1 amide bonds. The fourth-order valence-electron chi connectivity index (χ4n) is 2.69. The van der Waals surface area contributed by atoms with Crippen molar-refractivity contribution >= 4 is 21.8 Å². The zero-order valence-corrected chi connectivity index (χ0v) is 16.4. The molecule has 0 saturated carbocycles. The molecule has 3 aromatic rings. The van der Waals surface area contributed by atoms with Crippen molar-refractivity contribution in [2.24, 2.45) is 0 Å². The van der Waals surface area contributed by atoms with Gasteiger partial charge in [0, 0.05) is 22.6 Å². The fourth-order valence-corrected chi connectivity index (χ4v) is 2.96. The maximum Gasteiger partial charge on any atom is 0.267 e. The molecule has 0 unspecified atom stereocenters. The Bertz CT molecular complexity index is 953. The lowest BCUT2D eigenvalue weighted by molar-refractivity contribution is -0.121. The Morgan fingerprint density at radius 3 is 2.48 bits per heavy atom. The second-order valence-electron chi connectivity index (χ2n) is 6.16. The molecule has 0 aliphatic rings. The largest absolute Gasteiger partial charge is 0.354 e. The molecule has 0 spiro atoms. The van der Waals surface area contributed by atoms with Crippen LogP contribution in [0.2, 0.25) is 0 Å². The molecule has 27 heavy (non-hydrogen) atoms. The van der Waals surface area contributed by atoms with Gasteiger partial charge >= 0.3 is 0 Å². The lowest BCUT2D eigenvalue weighted by Crippen LogP contribution is -2.34. The van der Waals surface area contributed by atoms with Crippen LogP contribution in [0.5, 0.6) is 0 Å². The van der Waals surface area contributed by atoms with E-state index in [0.717, 1.165) is 22.9 Å². The summed E-state index contributed by atoms with van der Waals surface area (Å²) in [6.07, 6.45) is 1.75. The third-order valence-corrected chi connectivity index (χ3v) is 4.64. The molecule has 5 nitrogen and oxygen atoms in total. The van der Waals surface area contributed by atoms with Gasteiger partial charge in [0.15, 0.2) is 0 Å². The van der Waals surface area contributed by atoms with E-state index in [1.807, 2.05) is 42.5 Å². The Morgan fingerprint density at radius 2 is 1.74 bits per heavy atom. The molecule has 6 heteroatoms. The summed E-state index contributed by atoms with van der Waals surface area (Å²) >= 11 is 3.39. The van der Waals surface area contributed by atoms with Crippen LogP contribution in [0.4, 0.5) is 0 Å². The van der Waals surface area contributed by atoms with Crippen molar-refractivity contribution in [2.45, 2.75) is 19.4 Å². The summed E-state index contributed by atoms with van der Waals surface area (Å²) in [6, 6.07) is 20.9. The van der Waals surface area contributed by atoms with Gasteiger partial charge in [-0.1, -0.05) is 58.4 Å². The molecular formula is C21H20BrN3O2. The Labute approximate surface area is 166 Å². The van der Waals surface area contributed by atoms with Crippen LogP contribution in [0, 0.1) is 0 Å². The molecule has 1 N–H and O–H groups in total. The molecule has 1 aromatic heterocycles. The van der Waals surface area contributed by atoms with E-state index in [1.165, 1.54) is 16.3 Å². The molecular weight excluding hydrogens is 406 g/mol. The standard InChI is InChI=1S/C21H20BrN3O2/c22-18-10-8-17(9-11-18)19-12-13-21(27)25(24-19)15-20(26)23-14-4-7-16-5-2-1-3-6-16/h1-3,5-6,8-13H,4,7,14-15H2,(H,23,26). The zero-order valence-electron chi connectivity index (χ0n) is 14.8. The smallest absolute Gasteiger partial charge is 0.267 e. The average molecular weight is 426 g/mol. The van der Waals surface area contributed by atoms with E-state index in [2.05, 4.69) is 38.5 Å². The molecule has 0 aliphatic carbocycles. The van der Waals surface area contributed by atoms with Crippen molar-refractivity contribution in [2.75, 3.05) is 6.54 Å². The maximum atomic E-state index is 12.2. The van der Waals surface area contributed by atoms with Crippen molar-refractivity contribution in [1.29, 1.82) is 0 Å². The van der Waals surface area contributed by atoms with Gasteiger partial charge in [0.1, 0.15) is 6.54 Å². The monoisotopic (exact) mass is 425 g/mol. The number of aromatic nitrogens is 2. The van der Waals surface area contributed by atoms with E-state index in [4.69, 9.17) is 0 Å². The van der Waals surface area contributed by atoms with Crippen molar-refractivity contribution in [1.82, 2.24) is 15.1 Å². The molecule has 0 fully saturated rings. The summed E-state index contributed by atoms with van der Waals surface area (Å²) in [5, 5.41) is 7.17. The molecule has 2 aromatic carbocycles. The highest BCUT2D eigenvalue weighted by Crippen LogP contribution is 2.18. The summed E-state index contributed by atoms with van der Waals surface area (Å²) in [4.78, 5) is 24.2. The predicted molar refractivity (Wildman–Crippen MR) is 109 cm³/mol. The highest BCUT2D eigenvalue weighted by atomic mass is 79.9. The summed E-state index contributed by atoms with van der Waals surface area (Å²) < 4.78 is 2.17. The molecule has 3 rings (SSSR count). The Kier molecular flexibility index (Phi) is 6.54. The molecule has 0 radical (unpaired) electrons. The number of aryl methyl sites for hydroxylation is 1. The van der Waals surface area contributed by atoms with Crippen LogP contribution >= 0.6 is 15.9 Å². The van der Waals surface area contributed by atoms with Crippen LogP contribution in [-0.4, -0.2) is 22.2 Å². The van der Waals surface area contributed by atoms with Gasteiger partial charge in [-0.2, -0.15) is 5.10 Å². The molecule has 0 saturated heterocycles. The number of nitrogens with one attached hydrogen (secondary N) is 1. The van der Waals surface area contributed by atoms with Crippen molar-refractivity contribution in [3.8, 4) is 11.3 Å².